The third-order valence-corrected chi connectivity index (χ3v) is 4.26. The fraction of sp³-hybridized carbons (Fsp3) is 0.389. The molecule has 0 fully saturated rings. The molecular weight excluding hydrogens is 352 g/mol. The molecule has 1 unspecified atom stereocenters. The number of carbonyl (C=O) groups is 2. The van der Waals surface area contributed by atoms with Crippen molar-refractivity contribution in [2.24, 2.45) is 5.92 Å². The molecule has 0 aliphatic carbocycles. The van der Waals surface area contributed by atoms with Crippen LogP contribution in [0.1, 0.15) is 31.3 Å². The Morgan fingerprint density at radius 3 is 2.50 bits per heavy atom. The summed E-state index contributed by atoms with van der Waals surface area (Å²) in [5, 5.41) is 10.8. The highest BCUT2D eigenvalue weighted by Crippen LogP contribution is 2.22. The molecule has 0 aliphatic heterocycles. The maximum absolute atomic E-state index is 12.3. The van der Waals surface area contributed by atoms with Crippen LogP contribution in [0.2, 0.25) is 0 Å². The smallest absolute Gasteiger partial charge is 0.271 e. The first kappa shape index (κ1) is 19.7. The summed E-state index contributed by atoms with van der Waals surface area (Å²) in [6, 6.07) is 6.77. The van der Waals surface area contributed by atoms with Crippen LogP contribution in [-0.4, -0.2) is 36.5 Å². The zero-order chi connectivity index (χ0) is 19.1. The number of ether oxygens (including phenoxy) is 1. The predicted molar refractivity (Wildman–Crippen MR) is 103 cm³/mol. The Labute approximate surface area is 157 Å². The quantitative estimate of drug-likeness (QED) is 0.659. The monoisotopic (exact) mass is 376 g/mol. The lowest BCUT2D eigenvalue weighted by molar-refractivity contribution is -0.122. The molecule has 2 aromatic rings. The van der Waals surface area contributed by atoms with Crippen molar-refractivity contribution < 1.29 is 14.3 Å². The second-order valence-corrected chi connectivity index (χ2v) is 7.08. The molecule has 0 saturated carbocycles. The van der Waals surface area contributed by atoms with Gasteiger partial charge in [-0.05, 0) is 37.1 Å². The van der Waals surface area contributed by atoms with Gasteiger partial charge in [-0.15, -0.1) is 11.3 Å². The highest BCUT2D eigenvalue weighted by atomic mass is 32.1. The number of benzene rings is 1. The number of rotatable bonds is 8. The summed E-state index contributed by atoms with van der Waals surface area (Å²) in [5.74, 6) is 0.529. The SMILES string of the molecule is COc1ccc(Nc2nc(C(=O)NC(C)C(=O)NCC(C)C)cs2)cc1. The topological polar surface area (TPSA) is 92.3 Å². The van der Waals surface area contributed by atoms with Crippen molar-refractivity contribution in [2.45, 2.75) is 26.8 Å². The molecule has 2 amide bonds. The van der Waals surface area contributed by atoms with Gasteiger partial charge in [-0.3, -0.25) is 9.59 Å². The molecule has 0 aliphatic rings. The minimum absolute atomic E-state index is 0.209. The van der Waals surface area contributed by atoms with E-state index in [9.17, 15) is 9.59 Å². The summed E-state index contributed by atoms with van der Waals surface area (Å²) in [7, 11) is 1.61. The molecule has 0 saturated heterocycles. The number of anilines is 2. The summed E-state index contributed by atoms with van der Waals surface area (Å²) in [5.41, 5.74) is 1.11. The van der Waals surface area contributed by atoms with Crippen LogP contribution < -0.4 is 20.7 Å². The molecule has 0 spiro atoms. The van der Waals surface area contributed by atoms with E-state index in [4.69, 9.17) is 4.74 Å². The van der Waals surface area contributed by atoms with Crippen LogP contribution in [-0.2, 0) is 4.79 Å². The van der Waals surface area contributed by atoms with E-state index in [0.29, 0.717) is 17.6 Å². The largest absolute Gasteiger partial charge is 0.497 e. The first-order chi connectivity index (χ1) is 12.4. The molecule has 8 heteroatoms. The van der Waals surface area contributed by atoms with Crippen LogP contribution in [0.3, 0.4) is 0 Å². The Balaban J connectivity index is 1.91. The van der Waals surface area contributed by atoms with Crippen molar-refractivity contribution >= 4 is 34.0 Å². The third kappa shape index (κ3) is 5.73. The van der Waals surface area contributed by atoms with Crippen LogP contribution in [0.15, 0.2) is 29.6 Å². The number of methoxy groups -OCH3 is 1. The lowest BCUT2D eigenvalue weighted by Gasteiger charge is -2.14. The van der Waals surface area contributed by atoms with Gasteiger partial charge in [0.1, 0.15) is 17.5 Å². The van der Waals surface area contributed by atoms with Crippen LogP contribution in [0.25, 0.3) is 0 Å². The lowest BCUT2D eigenvalue weighted by atomic mass is 10.2. The zero-order valence-electron chi connectivity index (χ0n) is 15.3. The Morgan fingerprint density at radius 2 is 1.88 bits per heavy atom. The molecule has 140 valence electrons. The number of thiazole rings is 1. The average Bonchev–Trinajstić information content (AvgIpc) is 3.08. The molecule has 1 aromatic heterocycles. The Kier molecular flexibility index (Phi) is 6.97. The summed E-state index contributed by atoms with van der Waals surface area (Å²) in [4.78, 5) is 28.5. The van der Waals surface area contributed by atoms with Gasteiger partial charge in [0.2, 0.25) is 5.91 Å². The molecule has 0 bridgehead atoms. The van der Waals surface area contributed by atoms with E-state index in [1.165, 1.54) is 11.3 Å². The fourth-order valence-corrected chi connectivity index (χ4v) is 2.74. The Morgan fingerprint density at radius 1 is 1.19 bits per heavy atom. The molecular formula is C18H24N4O3S. The summed E-state index contributed by atoms with van der Waals surface area (Å²) >= 11 is 1.32. The molecule has 0 radical (unpaired) electrons. The summed E-state index contributed by atoms with van der Waals surface area (Å²) < 4.78 is 5.12. The molecule has 1 aromatic carbocycles. The Hall–Kier alpha value is -2.61. The predicted octanol–water partition coefficient (Wildman–Crippen LogP) is 2.79. The number of hydrogen-bond donors (Lipinski definition) is 3. The lowest BCUT2D eigenvalue weighted by Crippen LogP contribution is -2.45. The number of nitrogens with one attached hydrogen (secondary N) is 3. The van der Waals surface area contributed by atoms with Crippen LogP contribution in [0, 0.1) is 5.92 Å². The van der Waals surface area contributed by atoms with E-state index < -0.39 is 6.04 Å². The number of nitrogens with zero attached hydrogens (tertiary/aromatic N) is 1. The van der Waals surface area contributed by atoms with Crippen molar-refractivity contribution in [3.8, 4) is 5.75 Å². The van der Waals surface area contributed by atoms with Gasteiger partial charge in [0.25, 0.3) is 5.91 Å². The number of hydrogen-bond acceptors (Lipinski definition) is 6. The van der Waals surface area contributed by atoms with E-state index >= 15 is 0 Å². The second-order valence-electron chi connectivity index (χ2n) is 6.23. The van der Waals surface area contributed by atoms with E-state index in [0.717, 1.165) is 11.4 Å². The van der Waals surface area contributed by atoms with Gasteiger partial charge in [0, 0.05) is 17.6 Å². The van der Waals surface area contributed by atoms with Gasteiger partial charge in [0.05, 0.1) is 7.11 Å². The number of aromatic nitrogens is 1. The van der Waals surface area contributed by atoms with E-state index in [-0.39, 0.29) is 17.5 Å². The van der Waals surface area contributed by atoms with Crippen molar-refractivity contribution in [3.05, 3.63) is 35.3 Å². The van der Waals surface area contributed by atoms with Gasteiger partial charge in [-0.25, -0.2) is 4.98 Å². The Bertz CT molecular complexity index is 743. The highest BCUT2D eigenvalue weighted by molar-refractivity contribution is 7.14. The first-order valence-electron chi connectivity index (χ1n) is 8.34. The normalized spacial score (nSPS) is 11.7. The van der Waals surface area contributed by atoms with Crippen molar-refractivity contribution in [1.82, 2.24) is 15.6 Å². The van der Waals surface area contributed by atoms with E-state index in [1.807, 2.05) is 38.1 Å². The minimum Gasteiger partial charge on any atom is -0.497 e. The van der Waals surface area contributed by atoms with Gasteiger partial charge in [-0.1, -0.05) is 13.8 Å². The molecule has 7 nitrogen and oxygen atoms in total. The van der Waals surface area contributed by atoms with Gasteiger partial charge >= 0.3 is 0 Å². The second kappa shape index (κ2) is 9.19. The standard InChI is InChI=1S/C18H24N4O3S/c1-11(2)9-19-16(23)12(3)20-17(24)15-10-26-18(22-15)21-13-5-7-14(25-4)8-6-13/h5-8,10-12H,9H2,1-4H3,(H,19,23)(H,20,24)(H,21,22). The summed E-state index contributed by atoms with van der Waals surface area (Å²) in [6.45, 7) is 6.24. The molecule has 1 atom stereocenters. The fourth-order valence-electron chi connectivity index (χ4n) is 2.03. The zero-order valence-corrected chi connectivity index (χ0v) is 16.1. The van der Waals surface area contributed by atoms with Crippen molar-refractivity contribution in [1.29, 1.82) is 0 Å². The van der Waals surface area contributed by atoms with Crippen LogP contribution in [0.4, 0.5) is 10.8 Å². The number of carbonyl (C=O) groups excluding carboxylic acids is 2. The van der Waals surface area contributed by atoms with Crippen LogP contribution in [0.5, 0.6) is 5.75 Å². The molecule has 26 heavy (non-hydrogen) atoms. The van der Waals surface area contributed by atoms with Gasteiger partial charge in [-0.2, -0.15) is 0 Å². The summed E-state index contributed by atoms with van der Waals surface area (Å²) in [6.07, 6.45) is 0. The molecule has 3 N–H and O–H groups in total. The van der Waals surface area contributed by atoms with Crippen molar-refractivity contribution in [3.63, 3.8) is 0 Å². The van der Waals surface area contributed by atoms with Crippen molar-refractivity contribution in [2.75, 3.05) is 19.0 Å². The molecule has 2 rings (SSSR count). The van der Waals surface area contributed by atoms with Crippen LogP contribution >= 0.6 is 11.3 Å². The third-order valence-electron chi connectivity index (χ3n) is 3.50. The maximum Gasteiger partial charge on any atom is 0.271 e. The minimum atomic E-state index is -0.624. The number of amides is 2. The maximum atomic E-state index is 12.3. The van der Waals surface area contributed by atoms with E-state index in [2.05, 4.69) is 20.9 Å². The first-order valence-corrected chi connectivity index (χ1v) is 9.22. The molecule has 1 heterocycles. The highest BCUT2D eigenvalue weighted by Gasteiger charge is 2.18. The average molecular weight is 376 g/mol. The van der Waals surface area contributed by atoms with E-state index in [1.54, 1.807) is 19.4 Å². The van der Waals surface area contributed by atoms with Gasteiger partial charge in [0.15, 0.2) is 5.13 Å². The van der Waals surface area contributed by atoms with Gasteiger partial charge < -0.3 is 20.7 Å².